The zero-order chi connectivity index (χ0) is 19.4. The van der Waals surface area contributed by atoms with Gasteiger partial charge in [0.1, 0.15) is 6.54 Å². The molecule has 3 aromatic rings. The molecule has 0 saturated heterocycles. The summed E-state index contributed by atoms with van der Waals surface area (Å²) < 4.78 is 2.13. The van der Waals surface area contributed by atoms with E-state index >= 15 is 0 Å². The van der Waals surface area contributed by atoms with Gasteiger partial charge in [0.25, 0.3) is 0 Å². The van der Waals surface area contributed by atoms with Gasteiger partial charge in [-0.1, -0.05) is 53.6 Å². The summed E-state index contributed by atoms with van der Waals surface area (Å²) in [7, 11) is 0. The number of hydrogen-bond acceptors (Lipinski definition) is 3. The third-order valence-electron chi connectivity index (χ3n) is 4.21. The van der Waals surface area contributed by atoms with E-state index < -0.39 is 0 Å². The molecule has 2 N–H and O–H groups in total. The highest BCUT2D eigenvalue weighted by Crippen LogP contribution is 2.18. The van der Waals surface area contributed by atoms with Crippen molar-refractivity contribution in [1.82, 2.24) is 20.1 Å². The SMILES string of the molecule is Cc1ccc(-c2n[nH]c(=S)n2CC(=O)NC(C)Cc2cccc(Cl)c2)cc1. The number of aromatic nitrogens is 3. The number of H-pyrrole nitrogens is 1. The summed E-state index contributed by atoms with van der Waals surface area (Å²) >= 11 is 11.3. The fourth-order valence-corrected chi connectivity index (χ4v) is 3.33. The van der Waals surface area contributed by atoms with Crippen molar-refractivity contribution in [2.75, 3.05) is 0 Å². The minimum atomic E-state index is -0.115. The fourth-order valence-electron chi connectivity index (χ4n) is 2.92. The van der Waals surface area contributed by atoms with E-state index in [0.717, 1.165) is 16.7 Å². The van der Waals surface area contributed by atoms with Crippen LogP contribution in [0.15, 0.2) is 48.5 Å². The van der Waals surface area contributed by atoms with Crippen LogP contribution in [0.2, 0.25) is 5.02 Å². The second-order valence-corrected chi connectivity index (χ2v) is 7.43. The molecule has 1 heterocycles. The normalized spacial score (nSPS) is 12.0. The number of carbonyl (C=O) groups is 1. The van der Waals surface area contributed by atoms with Gasteiger partial charge in [-0.3, -0.25) is 14.5 Å². The van der Waals surface area contributed by atoms with Crippen LogP contribution in [0.1, 0.15) is 18.1 Å². The number of hydrogen-bond donors (Lipinski definition) is 2. The molecule has 1 amide bonds. The molecular weight excluding hydrogens is 380 g/mol. The minimum absolute atomic E-state index is 0.0279. The van der Waals surface area contributed by atoms with Gasteiger partial charge in [0.15, 0.2) is 10.6 Å². The van der Waals surface area contributed by atoms with Crippen LogP contribution in [0.5, 0.6) is 0 Å². The summed E-state index contributed by atoms with van der Waals surface area (Å²) in [4.78, 5) is 12.5. The highest BCUT2D eigenvalue weighted by atomic mass is 35.5. The van der Waals surface area contributed by atoms with Crippen LogP contribution in [-0.2, 0) is 17.8 Å². The van der Waals surface area contributed by atoms with Crippen LogP contribution >= 0.6 is 23.8 Å². The van der Waals surface area contributed by atoms with Gasteiger partial charge in [0.2, 0.25) is 5.91 Å². The first-order valence-corrected chi connectivity index (χ1v) is 9.47. The predicted molar refractivity (Wildman–Crippen MR) is 110 cm³/mol. The Kier molecular flexibility index (Phi) is 6.08. The van der Waals surface area contributed by atoms with Crippen LogP contribution < -0.4 is 5.32 Å². The molecule has 0 bridgehead atoms. The van der Waals surface area contributed by atoms with Crippen LogP contribution in [0.25, 0.3) is 11.4 Å². The van der Waals surface area contributed by atoms with E-state index in [2.05, 4.69) is 15.5 Å². The van der Waals surface area contributed by atoms with Crippen molar-refractivity contribution in [1.29, 1.82) is 0 Å². The Balaban J connectivity index is 1.68. The number of nitrogens with zero attached hydrogens (tertiary/aromatic N) is 2. The second-order valence-electron chi connectivity index (χ2n) is 6.61. The number of nitrogens with one attached hydrogen (secondary N) is 2. The maximum absolute atomic E-state index is 12.5. The topological polar surface area (TPSA) is 62.7 Å². The molecule has 27 heavy (non-hydrogen) atoms. The van der Waals surface area contributed by atoms with Gasteiger partial charge in [0, 0.05) is 16.6 Å². The van der Waals surface area contributed by atoms with Crippen LogP contribution in [0, 0.1) is 11.7 Å². The van der Waals surface area contributed by atoms with E-state index in [1.165, 1.54) is 0 Å². The van der Waals surface area contributed by atoms with Crippen molar-refractivity contribution >= 4 is 29.7 Å². The largest absolute Gasteiger partial charge is 0.352 e. The quantitative estimate of drug-likeness (QED) is 0.606. The van der Waals surface area contributed by atoms with Gasteiger partial charge in [-0.05, 0) is 50.2 Å². The second kappa shape index (κ2) is 8.50. The van der Waals surface area contributed by atoms with Crippen molar-refractivity contribution in [3.05, 3.63) is 69.5 Å². The molecule has 0 aliphatic carbocycles. The van der Waals surface area contributed by atoms with Crippen LogP contribution in [0.4, 0.5) is 0 Å². The summed E-state index contributed by atoms with van der Waals surface area (Å²) in [6.45, 7) is 4.10. The number of aryl methyl sites for hydroxylation is 1. The molecule has 0 fully saturated rings. The average molecular weight is 401 g/mol. The summed E-state index contributed by atoms with van der Waals surface area (Å²) in [5.41, 5.74) is 3.15. The van der Waals surface area contributed by atoms with E-state index in [9.17, 15) is 4.79 Å². The van der Waals surface area contributed by atoms with E-state index in [4.69, 9.17) is 23.8 Å². The summed E-state index contributed by atoms with van der Waals surface area (Å²) in [5.74, 6) is 0.535. The molecule has 140 valence electrons. The highest BCUT2D eigenvalue weighted by molar-refractivity contribution is 7.71. The maximum Gasteiger partial charge on any atom is 0.240 e. The average Bonchev–Trinajstić information content (AvgIpc) is 2.96. The number of halogens is 1. The first kappa shape index (κ1) is 19.3. The molecule has 0 radical (unpaired) electrons. The lowest BCUT2D eigenvalue weighted by atomic mass is 10.1. The number of amides is 1. The minimum Gasteiger partial charge on any atom is -0.352 e. The number of carbonyl (C=O) groups excluding carboxylic acids is 1. The maximum atomic E-state index is 12.5. The Morgan fingerprint density at radius 1 is 1.30 bits per heavy atom. The fraction of sp³-hybridized carbons (Fsp3) is 0.250. The van der Waals surface area contributed by atoms with Crippen LogP contribution in [-0.4, -0.2) is 26.7 Å². The number of aromatic amines is 1. The Morgan fingerprint density at radius 3 is 2.74 bits per heavy atom. The monoisotopic (exact) mass is 400 g/mol. The molecule has 0 saturated carbocycles. The molecule has 0 aliphatic rings. The van der Waals surface area contributed by atoms with E-state index in [1.807, 2.05) is 62.4 Å². The molecule has 1 aromatic heterocycles. The van der Waals surface area contributed by atoms with Crippen molar-refractivity contribution in [3.8, 4) is 11.4 Å². The Morgan fingerprint density at radius 2 is 2.04 bits per heavy atom. The van der Waals surface area contributed by atoms with Gasteiger partial charge >= 0.3 is 0 Å². The lowest BCUT2D eigenvalue weighted by molar-refractivity contribution is -0.122. The molecule has 1 atom stereocenters. The van der Waals surface area contributed by atoms with Crippen molar-refractivity contribution in [3.63, 3.8) is 0 Å². The van der Waals surface area contributed by atoms with E-state index in [-0.39, 0.29) is 18.5 Å². The smallest absolute Gasteiger partial charge is 0.240 e. The Bertz CT molecular complexity index is 994. The summed E-state index contributed by atoms with van der Waals surface area (Å²) in [6.07, 6.45) is 0.702. The molecule has 3 rings (SSSR count). The summed E-state index contributed by atoms with van der Waals surface area (Å²) in [5, 5.41) is 10.8. The zero-order valence-corrected chi connectivity index (χ0v) is 16.8. The first-order valence-electron chi connectivity index (χ1n) is 8.68. The lowest BCUT2D eigenvalue weighted by Gasteiger charge is -2.15. The molecule has 0 spiro atoms. The molecule has 2 aromatic carbocycles. The van der Waals surface area contributed by atoms with Gasteiger partial charge < -0.3 is 5.32 Å². The molecule has 1 unspecified atom stereocenters. The molecule has 7 heteroatoms. The predicted octanol–water partition coefficient (Wildman–Crippen LogP) is 4.32. The molecular formula is C20H21ClN4OS. The Labute approximate surface area is 168 Å². The van der Waals surface area contributed by atoms with Crippen molar-refractivity contribution in [2.45, 2.75) is 32.9 Å². The first-order chi connectivity index (χ1) is 12.9. The van der Waals surface area contributed by atoms with Gasteiger partial charge in [0.05, 0.1) is 0 Å². The molecule has 0 aliphatic heterocycles. The standard InChI is InChI=1S/C20H21ClN4OS/c1-13-6-8-16(9-7-13)19-23-24-20(27)25(19)12-18(26)22-14(2)10-15-4-3-5-17(21)11-15/h3-9,11,14H,10,12H2,1-2H3,(H,22,26)(H,24,27). The number of rotatable bonds is 6. The van der Waals surface area contributed by atoms with Crippen LogP contribution in [0.3, 0.4) is 0 Å². The third-order valence-corrected chi connectivity index (χ3v) is 4.75. The summed E-state index contributed by atoms with van der Waals surface area (Å²) in [6, 6.07) is 15.6. The van der Waals surface area contributed by atoms with Crippen molar-refractivity contribution < 1.29 is 4.79 Å². The van der Waals surface area contributed by atoms with Gasteiger partial charge in [-0.2, -0.15) is 5.10 Å². The van der Waals surface area contributed by atoms with E-state index in [1.54, 1.807) is 4.57 Å². The lowest BCUT2D eigenvalue weighted by Crippen LogP contribution is -2.36. The zero-order valence-electron chi connectivity index (χ0n) is 15.2. The van der Waals surface area contributed by atoms with E-state index in [0.29, 0.717) is 22.0 Å². The van der Waals surface area contributed by atoms with Crippen molar-refractivity contribution in [2.24, 2.45) is 0 Å². The van der Waals surface area contributed by atoms with Gasteiger partial charge in [-0.15, -0.1) is 0 Å². The van der Waals surface area contributed by atoms with Gasteiger partial charge in [-0.25, -0.2) is 0 Å². The molecule has 5 nitrogen and oxygen atoms in total. The Hall–Kier alpha value is -2.44. The number of benzene rings is 2. The third kappa shape index (κ3) is 5.05. The highest BCUT2D eigenvalue weighted by Gasteiger charge is 2.14.